The second-order valence-corrected chi connectivity index (χ2v) is 4.33. The summed E-state index contributed by atoms with van der Waals surface area (Å²) >= 11 is 0. The zero-order valence-electron chi connectivity index (χ0n) is 10.7. The number of methoxy groups -OCH3 is 1. The van der Waals surface area contributed by atoms with E-state index in [-0.39, 0.29) is 6.10 Å². The van der Waals surface area contributed by atoms with Gasteiger partial charge in [-0.25, -0.2) is 4.98 Å². The molecule has 18 heavy (non-hydrogen) atoms. The summed E-state index contributed by atoms with van der Waals surface area (Å²) in [4.78, 5) is 4.47. The summed E-state index contributed by atoms with van der Waals surface area (Å²) in [6.45, 7) is 2.94. The Labute approximate surface area is 107 Å². The fourth-order valence-electron chi connectivity index (χ4n) is 1.86. The number of aliphatic hydroxyl groups is 1. The first-order valence-corrected chi connectivity index (χ1v) is 6.02. The van der Waals surface area contributed by atoms with Crippen LogP contribution < -0.4 is 10.1 Å². The number of para-hydroxylation sites is 1. The molecule has 1 atom stereocenters. The quantitative estimate of drug-likeness (QED) is 0.843. The summed E-state index contributed by atoms with van der Waals surface area (Å²) in [6.07, 6.45) is -0.357. The smallest absolute Gasteiger partial charge is 0.218 e. The first-order chi connectivity index (χ1) is 8.70. The molecule has 0 radical (unpaired) electrons. The Kier molecular flexibility index (Phi) is 4.12. The van der Waals surface area contributed by atoms with E-state index in [9.17, 15) is 5.11 Å². The molecule has 1 heterocycles. The van der Waals surface area contributed by atoms with Crippen LogP contribution in [0.25, 0.3) is 10.9 Å². The van der Waals surface area contributed by atoms with Gasteiger partial charge in [0.2, 0.25) is 5.88 Å². The predicted octanol–water partition coefficient (Wildman–Crippen LogP) is 1.71. The Bertz CT molecular complexity index is 526. The number of pyridine rings is 1. The van der Waals surface area contributed by atoms with Crippen molar-refractivity contribution >= 4 is 10.9 Å². The number of aliphatic hydroxyl groups excluding tert-OH is 1. The van der Waals surface area contributed by atoms with Gasteiger partial charge in [-0.2, -0.15) is 0 Å². The van der Waals surface area contributed by atoms with E-state index in [2.05, 4.69) is 16.4 Å². The van der Waals surface area contributed by atoms with Crippen molar-refractivity contribution in [3.05, 3.63) is 35.9 Å². The standard InChI is InChI=1S/C14H18N2O2/c1-10(17)8-15-9-12-7-11-5-3-4-6-13(11)16-14(12)18-2/h3-7,10,15,17H,8-9H2,1-2H3. The molecule has 2 aromatic rings. The number of ether oxygens (including phenoxy) is 1. The number of fused-ring (bicyclic) bond motifs is 1. The first kappa shape index (κ1) is 12.8. The topological polar surface area (TPSA) is 54.4 Å². The third-order valence-corrected chi connectivity index (χ3v) is 2.71. The van der Waals surface area contributed by atoms with E-state index < -0.39 is 0 Å². The van der Waals surface area contributed by atoms with Crippen LogP contribution in [0, 0.1) is 0 Å². The summed E-state index contributed by atoms with van der Waals surface area (Å²) in [5.41, 5.74) is 1.92. The molecule has 0 saturated heterocycles. The highest BCUT2D eigenvalue weighted by Gasteiger charge is 2.07. The molecule has 0 amide bonds. The van der Waals surface area contributed by atoms with Crippen LogP contribution in [0.15, 0.2) is 30.3 Å². The molecule has 1 aromatic carbocycles. The normalized spacial score (nSPS) is 12.6. The van der Waals surface area contributed by atoms with E-state index in [1.807, 2.05) is 24.3 Å². The second kappa shape index (κ2) is 5.80. The van der Waals surface area contributed by atoms with E-state index in [1.165, 1.54) is 0 Å². The highest BCUT2D eigenvalue weighted by molar-refractivity contribution is 5.80. The van der Waals surface area contributed by atoms with Gasteiger partial charge in [-0.05, 0) is 19.1 Å². The Morgan fingerprint density at radius 1 is 1.39 bits per heavy atom. The minimum Gasteiger partial charge on any atom is -0.481 e. The number of aromatic nitrogens is 1. The number of benzene rings is 1. The van der Waals surface area contributed by atoms with Gasteiger partial charge in [0.1, 0.15) is 0 Å². The van der Waals surface area contributed by atoms with Crippen LogP contribution in [-0.2, 0) is 6.54 Å². The third kappa shape index (κ3) is 2.97. The molecule has 1 unspecified atom stereocenters. The average molecular weight is 246 g/mol. The predicted molar refractivity (Wildman–Crippen MR) is 71.7 cm³/mol. The lowest BCUT2D eigenvalue weighted by atomic mass is 10.1. The summed E-state index contributed by atoms with van der Waals surface area (Å²) in [7, 11) is 1.62. The van der Waals surface area contributed by atoms with E-state index in [0.717, 1.165) is 16.5 Å². The van der Waals surface area contributed by atoms with E-state index in [1.54, 1.807) is 14.0 Å². The molecule has 96 valence electrons. The molecule has 0 aliphatic rings. The maximum absolute atomic E-state index is 9.22. The third-order valence-electron chi connectivity index (χ3n) is 2.71. The molecule has 0 fully saturated rings. The summed E-state index contributed by atoms with van der Waals surface area (Å²) < 4.78 is 5.30. The Morgan fingerprint density at radius 2 is 2.17 bits per heavy atom. The molecule has 4 nitrogen and oxygen atoms in total. The van der Waals surface area contributed by atoms with Gasteiger partial charge in [0.05, 0.1) is 18.7 Å². The van der Waals surface area contributed by atoms with Crippen molar-refractivity contribution in [2.75, 3.05) is 13.7 Å². The molecule has 0 aliphatic heterocycles. The van der Waals surface area contributed by atoms with Gasteiger partial charge in [-0.3, -0.25) is 0 Å². The van der Waals surface area contributed by atoms with Crippen molar-refractivity contribution in [3.8, 4) is 5.88 Å². The van der Waals surface area contributed by atoms with Crippen molar-refractivity contribution in [2.45, 2.75) is 19.6 Å². The largest absolute Gasteiger partial charge is 0.481 e. The number of hydrogen-bond acceptors (Lipinski definition) is 4. The maximum atomic E-state index is 9.22. The molecule has 0 aliphatic carbocycles. The van der Waals surface area contributed by atoms with Crippen LogP contribution in [0.3, 0.4) is 0 Å². The Balaban J connectivity index is 2.24. The zero-order valence-corrected chi connectivity index (χ0v) is 10.7. The zero-order chi connectivity index (χ0) is 13.0. The summed E-state index contributed by atoms with van der Waals surface area (Å²) in [6, 6.07) is 10.0. The van der Waals surface area contributed by atoms with Gasteiger partial charge in [-0.15, -0.1) is 0 Å². The Hall–Kier alpha value is -1.65. The van der Waals surface area contributed by atoms with Crippen LogP contribution in [0.1, 0.15) is 12.5 Å². The van der Waals surface area contributed by atoms with E-state index in [4.69, 9.17) is 4.74 Å². The van der Waals surface area contributed by atoms with E-state index in [0.29, 0.717) is 19.0 Å². The molecule has 1 aromatic heterocycles. The number of rotatable bonds is 5. The highest BCUT2D eigenvalue weighted by atomic mass is 16.5. The lowest BCUT2D eigenvalue weighted by Gasteiger charge is -2.11. The van der Waals surface area contributed by atoms with E-state index >= 15 is 0 Å². The van der Waals surface area contributed by atoms with Crippen molar-refractivity contribution in [2.24, 2.45) is 0 Å². The average Bonchev–Trinajstić information content (AvgIpc) is 2.37. The monoisotopic (exact) mass is 246 g/mol. The second-order valence-electron chi connectivity index (χ2n) is 4.33. The lowest BCUT2D eigenvalue weighted by molar-refractivity contribution is 0.191. The molecule has 0 bridgehead atoms. The number of nitrogens with zero attached hydrogens (tertiary/aromatic N) is 1. The van der Waals surface area contributed by atoms with Crippen LogP contribution in [0.4, 0.5) is 0 Å². The van der Waals surface area contributed by atoms with Gasteiger partial charge in [0.25, 0.3) is 0 Å². The van der Waals surface area contributed by atoms with Crippen LogP contribution in [-0.4, -0.2) is 29.8 Å². The molecule has 4 heteroatoms. The summed E-state index contributed by atoms with van der Waals surface area (Å²) in [5.74, 6) is 0.631. The molecular formula is C14H18N2O2. The fourth-order valence-corrected chi connectivity index (χ4v) is 1.86. The minimum atomic E-state index is -0.357. The molecule has 0 saturated carbocycles. The number of nitrogens with one attached hydrogen (secondary N) is 1. The van der Waals surface area contributed by atoms with Crippen molar-refractivity contribution in [1.29, 1.82) is 0 Å². The van der Waals surface area contributed by atoms with Gasteiger partial charge in [0.15, 0.2) is 0 Å². The van der Waals surface area contributed by atoms with Gasteiger partial charge in [-0.1, -0.05) is 18.2 Å². The first-order valence-electron chi connectivity index (χ1n) is 6.02. The van der Waals surface area contributed by atoms with Crippen molar-refractivity contribution in [1.82, 2.24) is 10.3 Å². The molecule has 0 spiro atoms. The highest BCUT2D eigenvalue weighted by Crippen LogP contribution is 2.21. The van der Waals surface area contributed by atoms with Crippen LogP contribution >= 0.6 is 0 Å². The van der Waals surface area contributed by atoms with Crippen molar-refractivity contribution < 1.29 is 9.84 Å². The minimum absolute atomic E-state index is 0.357. The SMILES string of the molecule is COc1nc2ccccc2cc1CNCC(C)O. The summed E-state index contributed by atoms with van der Waals surface area (Å²) in [5, 5.41) is 13.5. The lowest BCUT2D eigenvalue weighted by Crippen LogP contribution is -2.24. The fraction of sp³-hybridized carbons (Fsp3) is 0.357. The van der Waals surface area contributed by atoms with Gasteiger partial charge >= 0.3 is 0 Å². The van der Waals surface area contributed by atoms with Gasteiger partial charge < -0.3 is 15.2 Å². The molecule has 2 N–H and O–H groups in total. The van der Waals surface area contributed by atoms with Crippen molar-refractivity contribution in [3.63, 3.8) is 0 Å². The maximum Gasteiger partial charge on any atom is 0.218 e. The molecular weight excluding hydrogens is 228 g/mol. The molecule has 2 rings (SSSR count). The Morgan fingerprint density at radius 3 is 2.89 bits per heavy atom. The van der Waals surface area contributed by atoms with Crippen LogP contribution in [0.2, 0.25) is 0 Å². The number of hydrogen-bond donors (Lipinski definition) is 2. The van der Waals surface area contributed by atoms with Gasteiger partial charge in [0, 0.05) is 24.0 Å². The van der Waals surface area contributed by atoms with Crippen LogP contribution in [0.5, 0.6) is 5.88 Å².